The Morgan fingerprint density at radius 3 is 2.62 bits per heavy atom. The molecule has 1 N–H and O–H groups in total. The maximum absolute atomic E-state index is 14.1. The molecule has 5 rings (SSSR count). The van der Waals surface area contributed by atoms with Gasteiger partial charge in [-0.3, -0.25) is 9.78 Å². The van der Waals surface area contributed by atoms with Gasteiger partial charge in [-0.1, -0.05) is 0 Å². The van der Waals surface area contributed by atoms with Crippen LogP contribution >= 0.6 is 11.3 Å². The van der Waals surface area contributed by atoms with Gasteiger partial charge in [-0.05, 0) is 23.6 Å². The maximum atomic E-state index is 14.1. The van der Waals surface area contributed by atoms with Crippen LogP contribution in [-0.2, 0) is 6.18 Å². The van der Waals surface area contributed by atoms with Crippen LogP contribution in [0.5, 0.6) is 0 Å². The van der Waals surface area contributed by atoms with Crippen LogP contribution in [0.1, 0.15) is 21.6 Å². The number of nitrogens with one attached hydrogen (secondary N) is 1. The van der Waals surface area contributed by atoms with E-state index < -0.39 is 23.3 Å². The van der Waals surface area contributed by atoms with Gasteiger partial charge in [-0.2, -0.15) is 33.7 Å². The Bertz CT molecular complexity index is 1560. The molecule has 0 radical (unpaired) electrons. The maximum Gasteiger partial charge on any atom is 0.434 e. The summed E-state index contributed by atoms with van der Waals surface area (Å²) < 4.78 is 43.3. The van der Waals surface area contributed by atoms with Gasteiger partial charge in [0.1, 0.15) is 11.6 Å². The van der Waals surface area contributed by atoms with Crippen LogP contribution in [0.2, 0.25) is 0 Å². The summed E-state index contributed by atoms with van der Waals surface area (Å²) in [5.74, 6) is -0.961. The van der Waals surface area contributed by atoms with Gasteiger partial charge in [0.25, 0.3) is 5.91 Å². The lowest BCUT2D eigenvalue weighted by atomic mass is 10.2. The van der Waals surface area contributed by atoms with E-state index >= 15 is 0 Å². The fraction of sp³-hybridized carbons (Fsp3) is 0.0500. The summed E-state index contributed by atoms with van der Waals surface area (Å²) in [6, 6.07) is 6.23. The predicted octanol–water partition coefficient (Wildman–Crippen LogP) is 3.60. The molecule has 0 aliphatic rings. The zero-order chi connectivity index (χ0) is 23.9. The van der Waals surface area contributed by atoms with Crippen LogP contribution < -0.4 is 5.32 Å². The minimum absolute atomic E-state index is 0.0117. The lowest BCUT2D eigenvalue weighted by Crippen LogP contribution is -2.21. The average molecular weight is 481 g/mol. The van der Waals surface area contributed by atoms with Gasteiger partial charge in [0.05, 0.1) is 51.9 Å². The van der Waals surface area contributed by atoms with Crippen LogP contribution in [0.4, 0.5) is 18.9 Å². The Kier molecular flexibility index (Phi) is 5.02. The van der Waals surface area contributed by atoms with Crippen molar-refractivity contribution < 1.29 is 18.0 Å². The first kappa shape index (κ1) is 21.2. The minimum Gasteiger partial charge on any atom is -0.320 e. The van der Waals surface area contributed by atoms with Crippen molar-refractivity contribution in [2.75, 3.05) is 5.32 Å². The van der Waals surface area contributed by atoms with Crippen LogP contribution in [0.3, 0.4) is 0 Å². The molecule has 0 saturated heterocycles. The highest BCUT2D eigenvalue weighted by Gasteiger charge is 2.41. The second kappa shape index (κ2) is 8.05. The van der Waals surface area contributed by atoms with E-state index in [1.54, 1.807) is 11.4 Å². The fourth-order valence-electron chi connectivity index (χ4n) is 3.29. The zero-order valence-electron chi connectivity index (χ0n) is 16.7. The van der Waals surface area contributed by atoms with Gasteiger partial charge in [0, 0.05) is 6.20 Å². The molecule has 14 heteroatoms. The molecule has 0 fully saturated rings. The molecule has 5 aromatic rings. The normalized spacial score (nSPS) is 11.5. The number of rotatable bonds is 4. The third kappa shape index (κ3) is 3.63. The van der Waals surface area contributed by atoms with E-state index in [1.165, 1.54) is 48.3 Å². The van der Waals surface area contributed by atoms with Crippen molar-refractivity contribution in [1.29, 1.82) is 5.26 Å². The molecule has 0 saturated carbocycles. The number of nitrogens with zero attached hydrogens (tertiary/aromatic N) is 8. The number of fused-ring (bicyclic) bond motifs is 1. The Morgan fingerprint density at radius 1 is 1.09 bits per heavy atom. The largest absolute Gasteiger partial charge is 0.434 e. The molecule has 0 atom stereocenters. The topological polar surface area (TPSA) is 127 Å². The Labute approximate surface area is 191 Å². The van der Waals surface area contributed by atoms with Crippen LogP contribution in [0, 0.1) is 11.3 Å². The fourth-order valence-corrected chi connectivity index (χ4v) is 4.14. The van der Waals surface area contributed by atoms with E-state index in [-0.39, 0.29) is 22.8 Å². The standard InChI is InChI=1S/C20H10F3N9OS/c21-20(22,23)17-13(10-29-31(17)15-1-3-25-14-2-6-34-16(14)15)19(33)30-12-7-11(8-24)18(26-9-12)32-27-4-5-28-32/h1-7,9-10H,(H,30,33). The summed E-state index contributed by atoms with van der Waals surface area (Å²) in [7, 11) is 0. The van der Waals surface area contributed by atoms with Crippen molar-refractivity contribution in [2.24, 2.45) is 0 Å². The van der Waals surface area contributed by atoms with Crippen LogP contribution in [0.15, 0.2) is 54.6 Å². The van der Waals surface area contributed by atoms with E-state index in [0.29, 0.717) is 14.9 Å². The first-order valence-corrected chi connectivity index (χ1v) is 10.3. The van der Waals surface area contributed by atoms with Gasteiger partial charge in [-0.15, -0.1) is 16.1 Å². The molecule has 5 aromatic heterocycles. The second-order valence-electron chi connectivity index (χ2n) is 6.76. The number of thiophene rings is 1. The summed E-state index contributed by atoms with van der Waals surface area (Å²) in [5.41, 5.74) is -1.24. The molecule has 0 spiro atoms. The van der Waals surface area contributed by atoms with E-state index in [9.17, 15) is 23.2 Å². The molecule has 168 valence electrons. The SMILES string of the molecule is N#Cc1cc(NC(=O)c2cnn(-c3ccnc4ccsc34)c2C(F)(F)F)cnc1-n1nccn1. The summed E-state index contributed by atoms with van der Waals surface area (Å²) in [4.78, 5) is 22.1. The highest BCUT2D eigenvalue weighted by Crippen LogP contribution is 2.36. The number of hydrogen-bond donors (Lipinski definition) is 1. The smallest absolute Gasteiger partial charge is 0.320 e. The lowest BCUT2D eigenvalue weighted by Gasteiger charge is -2.13. The van der Waals surface area contributed by atoms with Crippen LogP contribution in [-0.4, -0.2) is 40.6 Å². The quantitative estimate of drug-likeness (QED) is 0.415. The van der Waals surface area contributed by atoms with E-state index in [2.05, 4.69) is 30.6 Å². The molecular formula is C20H10F3N9OS. The molecule has 10 nitrogen and oxygen atoms in total. The number of hydrogen-bond acceptors (Lipinski definition) is 8. The molecular weight excluding hydrogens is 471 g/mol. The monoisotopic (exact) mass is 481 g/mol. The lowest BCUT2D eigenvalue weighted by molar-refractivity contribution is -0.143. The number of nitriles is 1. The molecule has 0 aliphatic heterocycles. The third-order valence-corrected chi connectivity index (χ3v) is 5.61. The molecule has 0 bridgehead atoms. The van der Waals surface area contributed by atoms with Gasteiger partial charge in [-0.25, -0.2) is 9.67 Å². The number of halogens is 3. The van der Waals surface area contributed by atoms with Crippen molar-refractivity contribution in [3.05, 3.63) is 71.4 Å². The molecule has 34 heavy (non-hydrogen) atoms. The predicted molar refractivity (Wildman–Crippen MR) is 114 cm³/mol. The summed E-state index contributed by atoms with van der Waals surface area (Å²) >= 11 is 1.21. The van der Waals surface area contributed by atoms with Gasteiger partial charge < -0.3 is 5.32 Å². The van der Waals surface area contributed by atoms with Gasteiger partial charge in [0.2, 0.25) is 0 Å². The van der Waals surface area contributed by atoms with Crippen LogP contribution in [0.25, 0.3) is 21.7 Å². The highest BCUT2D eigenvalue weighted by atomic mass is 32.1. The number of aromatic nitrogens is 7. The Hall–Kier alpha value is -4.64. The number of anilines is 1. The number of carbonyl (C=O) groups is 1. The molecule has 0 aromatic carbocycles. The number of carbonyl (C=O) groups excluding carboxylic acids is 1. The Morgan fingerprint density at radius 2 is 1.88 bits per heavy atom. The van der Waals surface area contributed by atoms with E-state index in [4.69, 9.17) is 0 Å². The zero-order valence-corrected chi connectivity index (χ0v) is 17.5. The molecule has 0 aliphatic carbocycles. The van der Waals surface area contributed by atoms with Crippen molar-refractivity contribution >= 4 is 33.1 Å². The molecule has 5 heterocycles. The molecule has 1 amide bonds. The summed E-state index contributed by atoms with van der Waals surface area (Å²) in [6.07, 6.45) is 1.30. The second-order valence-corrected chi connectivity index (χ2v) is 7.68. The van der Waals surface area contributed by atoms with Crippen molar-refractivity contribution in [3.8, 4) is 17.6 Å². The van der Waals surface area contributed by atoms with E-state index in [0.717, 1.165) is 11.0 Å². The van der Waals surface area contributed by atoms with Crippen molar-refractivity contribution in [3.63, 3.8) is 0 Å². The summed E-state index contributed by atoms with van der Waals surface area (Å²) in [5, 5.41) is 25.1. The average Bonchev–Trinajstić information content (AvgIpc) is 3.58. The van der Waals surface area contributed by atoms with Crippen molar-refractivity contribution in [2.45, 2.75) is 6.18 Å². The number of pyridine rings is 2. The summed E-state index contributed by atoms with van der Waals surface area (Å²) in [6.45, 7) is 0. The van der Waals surface area contributed by atoms with Crippen molar-refractivity contribution in [1.82, 2.24) is 34.7 Å². The third-order valence-electron chi connectivity index (χ3n) is 4.69. The first-order chi connectivity index (χ1) is 16.4. The highest BCUT2D eigenvalue weighted by molar-refractivity contribution is 7.17. The van der Waals surface area contributed by atoms with E-state index in [1.807, 2.05) is 6.07 Å². The first-order valence-electron chi connectivity index (χ1n) is 9.43. The molecule has 0 unspecified atom stereocenters. The van der Waals surface area contributed by atoms with Gasteiger partial charge >= 0.3 is 6.18 Å². The minimum atomic E-state index is -4.89. The Balaban J connectivity index is 1.53. The number of alkyl halides is 3. The number of amides is 1. The van der Waals surface area contributed by atoms with Gasteiger partial charge in [0.15, 0.2) is 11.5 Å².